The molecule has 3 nitrogen and oxygen atoms in total. The molecule has 0 amide bonds. The minimum absolute atomic E-state index is 0.234. The van der Waals surface area contributed by atoms with Crippen molar-refractivity contribution in [1.29, 1.82) is 0 Å². The Morgan fingerprint density at radius 3 is 2.75 bits per heavy atom. The van der Waals surface area contributed by atoms with Crippen molar-refractivity contribution < 1.29 is 5.11 Å². The number of rotatable bonds is 2. The number of aliphatic hydroxyl groups excluding tert-OH is 1. The van der Waals surface area contributed by atoms with Gasteiger partial charge < -0.3 is 10.8 Å². The minimum Gasteiger partial charge on any atom is -0.392 e. The van der Waals surface area contributed by atoms with Crippen molar-refractivity contribution in [2.24, 2.45) is 11.7 Å². The quantitative estimate of drug-likeness (QED) is 0.618. The van der Waals surface area contributed by atoms with Crippen LogP contribution in [0.25, 0.3) is 0 Å². The van der Waals surface area contributed by atoms with Gasteiger partial charge in [0.2, 0.25) is 0 Å². The number of nitrogens with two attached hydrogens (primary N) is 1. The zero-order valence-electron chi connectivity index (χ0n) is 8.03. The van der Waals surface area contributed by atoms with E-state index in [0.29, 0.717) is 12.0 Å². The van der Waals surface area contributed by atoms with Crippen LogP contribution in [0, 0.1) is 5.92 Å². The molecular weight excluding hydrogens is 152 g/mol. The third kappa shape index (κ3) is 3.09. The highest BCUT2D eigenvalue weighted by Gasteiger charge is 2.22. The Balaban J connectivity index is 2.34. The van der Waals surface area contributed by atoms with Crippen LogP contribution >= 0.6 is 0 Å². The summed E-state index contributed by atoms with van der Waals surface area (Å²) < 4.78 is 0. The second kappa shape index (κ2) is 4.21. The molecule has 1 saturated heterocycles. The summed E-state index contributed by atoms with van der Waals surface area (Å²) in [6.45, 7) is 6.82. The smallest absolute Gasteiger partial charge is 0.0639 e. The SMILES string of the molecule is CC1CC(N)CN(C[C@H](C)O)C1. The van der Waals surface area contributed by atoms with Gasteiger partial charge in [-0.2, -0.15) is 0 Å². The first-order chi connectivity index (χ1) is 5.58. The van der Waals surface area contributed by atoms with Crippen molar-refractivity contribution in [2.75, 3.05) is 19.6 Å². The molecule has 0 bridgehead atoms. The van der Waals surface area contributed by atoms with E-state index in [9.17, 15) is 5.11 Å². The van der Waals surface area contributed by atoms with E-state index in [0.717, 1.165) is 26.1 Å². The minimum atomic E-state index is -0.234. The molecule has 3 heteroatoms. The van der Waals surface area contributed by atoms with Crippen LogP contribution < -0.4 is 5.73 Å². The highest BCUT2D eigenvalue weighted by Crippen LogP contribution is 2.14. The predicted octanol–water partition coefficient (Wildman–Crippen LogP) is 0.0363. The third-order valence-corrected chi connectivity index (χ3v) is 2.29. The van der Waals surface area contributed by atoms with Crippen LogP contribution in [0.5, 0.6) is 0 Å². The van der Waals surface area contributed by atoms with E-state index in [4.69, 9.17) is 5.73 Å². The highest BCUT2D eigenvalue weighted by molar-refractivity contribution is 4.79. The lowest BCUT2D eigenvalue weighted by molar-refractivity contribution is 0.0909. The first-order valence-corrected chi connectivity index (χ1v) is 4.74. The molecule has 0 aromatic heterocycles. The maximum Gasteiger partial charge on any atom is 0.0639 e. The molecule has 0 aromatic rings. The van der Waals surface area contributed by atoms with Gasteiger partial charge in [-0.05, 0) is 19.3 Å². The van der Waals surface area contributed by atoms with Crippen LogP contribution in [-0.4, -0.2) is 41.8 Å². The van der Waals surface area contributed by atoms with Crippen molar-refractivity contribution >= 4 is 0 Å². The van der Waals surface area contributed by atoms with E-state index < -0.39 is 0 Å². The Kier molecular flexibility index (Phi) is 3.50. The Labute approximate surface area is 74.5 Å². The molecule has 1 fully saturated rings. The van der Waals surface area contributed by atoms with Crippen LogP contribution in [0.2, 0.25) is 0 Å². The lowest BCUT2D eigenvalue weighted by atomic mass is 9.96. The zero-order chi connectivity index (χ0) is 9.14. The Morgan fingerprint density at radius 1 is 1.58 bits per heavy atom. The van der Waals surface area contributed by atoms with Crippen molar-refractivity contribution in [3.8, 4) is 0 Å². The fraction of sp³-hybridized carbons (Fsp3) is 1.00. The van der Waals surface area contributed by atoms with E-state index in [1.807, 2.05) is 6.92 Å². The normalized spacial score (nSPS) is 35.0. The lowest BCUT2D eigenvalue weighted by Gasteiger charge is -2.35. The van der Waals surface area contributed by atoms with E-state index in [1.165, 1.54) is 0 Å². The molecule has 12 heavy (non-hydrogen) atoms. The topological polar surface area (TPSA) is 49.5 Å². The van der Waals surface area contributed by atoms with Crippen LogP contribution in [-0.2, 0) is 0 Å². The Morgan fingerprint density at radius 2 is 2.25 bits per heavy atom. The Bertz CT molecular complexity index is 126. The summed E-state index contributed by atoms with van der Waals surface area (Å²) in [5.74, 6) is 0.674. The van der Waals surface area contributed by atoms with Gasteiger partial charge in [0.25, 0.3) is 0 Å². The summed E-state index contributed by atoms with van der Waals surface area (Å²) in [6, 6.07) is 0.299. The first-order valence-electron chi connectivity index (χ1n) is 4.74. The summed E-state index contributed by atoms with van der Waals surface area (Å²) in [7, 11) is 0. The first kappa shape index (κ1) is 9.96. The van der Waals surface area contributed by atoms with Gasteiger partial charge in [-0.3, -0.25) is 4.90 Å². The van der Waals surface area contributed by atoms with Crippen molar-refractivity contribution in [3.63, 3.8) is 0 Å². The van der Waals surface area contributed by atoms with Crippen molar-refractivity contribution in [1.82, 2.24) is 4.90 Å². The summed E-state index contributed by atoms with van der Waals surface area (Å²) >= 11 is 0. The van der Waals surface area contributed by atoms with Gasteiger partial charge in [-0.15, -0.1) is 0 Å². The number of likely N-dealkylation sites (tertiary alicyclic amines) is 1. The highest BCUT2D eigenvalue weighted by atomic mass is 16.3. The standard InChI is InChI=1S/C9H20N2O/c1-7-3-9(10)6-11(4-7)5-8(2)12/h7-9,12H,3-6,10H2,1-2H3/t7?,8-,9?/m0/s1. The van der Waals surface area contributed by atoms with Gasteiger partial charge in [-0.25, -0.2) is 0 Å². The van der Waals surface area contributed by atoms with Gasteiger partial charge in [0.1, 0.15) is 0 Å². The average Bonchev–Trinajstić information content (AvgIpc) is 1.81. The van der Waals surface area contributed by atoms with E-state index in [-0.39, 0.29) is 6.10 Å². The number of hydrogen-bond donors (Lipinski definition) is 2. The average molecular weight is 172 g/mol. The molecule has 2 unspecified atom stereocenters. The summed E-state index contributed by atoms with van der Waals surface area (Å²) in [5.41, 5.74) is 5.87. The second-order valence-electron chi connectivity index (χ2n) is 4.17. The number of piperidine rings is 1. The molecule has 0 spiro atoms. The molecule has 1 heterocycles. The molecule has 0 aromatic carbocycles. The second-order valence-corrected chi connectivity index (χ2v) is 4.17. The summed E-state index contributed by atoms with van der Waals surface area (Å²) in [4.78, 5) is 2.25. The molecule has 1 aliphatic rings. The molecule has 72 valence electrons. The van der Waals surface area contributed by atoms with Crippen LogP contribution in [0.3, 0.4) is 0 Å². The molecule has 0 radical (unpaired) electrons. The Hall–Kier alpha value is -0.120. The van der Waals surface area contributed by atoms with E-state index in [1.54, 1.807) is 0 Å². The predicted molar refractivity (Wildman–Crippen MR) is 49.9 cm³/mol. The number of aliphatic hydroxyl groups is 1. The fourth-order valence-corrected chi connectivity index (χ4v) is 2.04. The van der Waals surface area contributed by atoms with E-state index in [2.05, 4.69) is 11.8 Å². The number of nitrogens with zero attached hydrogens (tertiary/aromatic N) is 1. The van der Waals surface area contributed by atoms with Gasteiger partial charge in [-0.1, -0.05) is 6.92 Å². The monoisotopic (exact) mass is 172 g/mol. The molecule has 0 aliphatic carbocycles. The van der Waals surface area contributed by atoms with Crippen LogP contribution in [0.1, 0.15) is 20.3 Å². The van der Waals surface area contributed by atoms with Crippen LogP contribution in [0.15, 0.2) is 0 Å². The molecule has 1 rings (SSSR count). The van der Waals surface area contributed by atoms with Crippen molar-refractivity contribution in [3.05, 3.63) is 0 Å². The fourth-order valence-electron chi connectivity index (χ4n) is 2.04. The molecule has 3 atom stereocenters. The van der Waals surface area contributed by atoms with Crippen molar-refractivity contribution in [2.45, 2.75) is 32.4 Å². The number of β-amino-alcohol motifs (C(OH)–C–C–N with tert-alkyl or cyclic N) is 1. The van der Waals surface area contributed by atoms with Gasteiger partial charge in [0, 0.05) is 25.7 Å². The maximum atomic E-state index is 9.19. The van der Waals surface area contributed by atoms with E-state index >= 15 is 0 Å². The van der Waals surface area contributed by atoms with Gasteiger partial charge in [0.05, 0.1) is 6.10 Å². The molecule has 0 saturated carbocycles. The van der Waals surface area contributed by atoms with Crippen LogP contribution in [0.4, 0.5) is 0 Å². The summed E-state index contributed by atoms with van der Waals surface area (Å²) in [6.07, 6.45) is 0.888. The number of hydrogen-bond acceptors (Lipinski definition) is 3. The molecular formula is C9H20N2O. The molecule has 1 aliphatic heterocycles. The lowest BCUT2D eigenvalue weighted by Crippen LogP contribution is -2.48. The summed E-state index contributed by atoms with van der Waals surface area (Å²) in [5, 5.41) is 9.19. The van der Waals surface area contributed by atoms with Gasteiger partial charge >= 0.3 is 0 Å². The molecule has 3 N–H and O–H groups in total. The third-order valence-electron chi connectivity index (χ3n) is 2.29. The largest absolute Gasteiger partial charge is 0.392 e. The zero-order valence-corrected chi connectivity index (χ0v) is 8.03. The van der Waals surface area contributed by atoms with Gasteiger partial charge in [0.15, 0.2) is 0 Å². The maximum absolute atomic E-state index is 9.19.